The van der Waals surface area contributed by atoms with E-state index < -0.39 is 17.9 Å². The number of benzene rings is 3. The van der Waals surface area contributed by atoms with Crippen molar-refractivity contribution in [3.63, 3.8) is 0 Å². The van der Waals surface area contributed by atoms with E-state index in [1.807, 2.05) is 0 Å². The van der Waals surface area contributed by atoms with E-state index in [0.717, 1.165) is 28.5 Å². The molecule has 162 valence electrons. The summed E-state index contributed by atoms with van der Waals surface area (Å²) >= 11 is 0. The number of hydrogen-bond acceptors (Lipinski definition) is 7. The van der Waals surface area contributed by atoms with Gasteiger partial charge >= 0.3 is 17.9 Å². The van der Waals surface area contributed by atoms with Gasteiger partial charge in [-0.2, -0.15) is 0 Å². The van der Waals surface area contributed by atoms with Gasteiger partial charge in [0, 0.05) is 12.2 Å². The second-order valence-corrected chi connectivity index (χ2v) is 6.50. The van der Waals surface area contributed by atoms with Gasteiger partial charge in [-0.1, -0.05) is 37.4 Å². The first-order chi connectivity index (χ1) is 15.5. The Hall–Kier alpha value is -4.39. The molecule has 0 unspecified atom stereocenters. The van der Waals surface area contributed by atoms with Crippen LogP contribution in [-0.4, -0.2) is 24.7 Å². The molecule has 0 saturated heterocycles. The van der Waals surface area contributed by atoms with Gasteiger partial charge in [0.05, 0.1) is 5.56 Å². The average molecular weight is 432 g/mol. The SMILES string of the molecule is C=CC(=O)OCOc1ccc2cc(OC(=O)c3ccc(COC(=O)C=C)cc3)ccc2c1. The summed E-state index contributed by atoms with van der Waals surface area (Å²) in [7, 11) is 0. The molecular formula is C25H20O7. The van der Waals surface area contributed by atoms with Crippen LogP contribution in [0.4, 0.5) is 0 Å². The van der Waals surface area contributed by atoms with Crippen LogP contribution in [-0.2, 0) is 25.7 Å². The van der Waals surface area contributed by atoms with E-state index in [-0.39, 0.29) is 13.4 Å². The minimum Gasteiger partial charge on any atom is -0.458 e. The summed E-state index contributed by atoms with van der Waals surface area (Å²) in [5.74, 6) is -0.677. The van der Waals surface area contributed by atoms with Crippen LogP contribution < -0.4 is 9.47 Å². The zero-order valence-electron chi connectivity index (χ0n) is 17.1. The number of ether oxygens (including phenoxy) is 4. The minimum atomic E-state index is -0.567. The molecule has 32 heavy (non-hydrogen) atoms. The zero-order valence-corrected chi connectivity index (χ0v) is 17.1. The molecule has 0 bridgehead atoms. The van der Waals surface area contributed by atoms with Gasteiger partial charge in [-0.15, -0.1) is 0 Å². The van der Waals surface area contributed by atoms with Crippen LogP contribution in [0, 0.1) is 0 Å². The molecule has 3 aromatic rings. The van der Waals surface area contributed by atoms with Gasteiger partial charge < -0.3 is 18.9 Å². The van der Waals surface area contributed by atoms with Crippen molar-refractivity contribution in [2.75, 3.05) is 6.79 Å². The lowest BCUT2D eigenvalue weighted by Crippen LogP contribution is -2.09. The van der Waals surface area contributed by atoms with Crippen LogP contribution in [0.2, 0.25) is 0 Å². The van der Waals surface area contributed by atoms with Crippen LogP contribution in [0.5, 0.6) is 11.5 Å². The van der Waals surface area contributed by atoms with Gasteiger partial charge in [-0.05, 0) is 52.7 Å². The molecule has 7 heteroatoms. The fourth-order valence-corrected chi connectivity index (χ4v) is 2.69. The molecule has 0 fully saturated rings. The van der Waals surface area contributed by atoms with E-state index in [1.54, 1.807) is 60.7 Å². The van der Waals surface area contributed by atoms with E-state index >= 15 is 0 Å². The first kappa shape index (κ1) is 22.3. The Morgan fingerprint density at radius 3 is 2.00 bits per heavy atom. The molecule has 0 aliphatic carbocycles. The Morgan fingerprint density at radius 1 is 0.750 bits per heavy atom. The molecule has 0 radical (unpaired) electrons. The van der Waals surface area contributed by atoms with Crippen molar-refractivity contribution in [3.8, 4) is 11.5 Å². The summed E-state index contributed by atoms with van der Waals surface area (Å²) in [6.07, 6.45) is 2.14. The third-order valence-corrected chi connectivity index (χ3v) is 4.32. The molecule has 0 aliphatic rings. The Kier molecular flexibility index (Phi) is 7.37. The number of carbonyl (C=O) groups excluding carboxylic acids is 3. The lowest BCUT2D eigenvalue weighted by atomic mass is 10.1. The monoisotopic (exact) mass is 432 g/mol. The number of carbonyl (C=O) groups is 3. The van der Waals surface area contributed by atoms with E-state index in [1.165, 1.54) is 0 Å². The topological polar surface area (TPSA) is 88.1 Å². The normalized spacial score (nSPS) is 10.1. The van der Waals surface area contributed by atoms with Crippen LogP contribution in [0.1, 0.15) is 15.9 Å². The van der Waals surface area contributed by atoms with E-state index in [0.29, 0.717) is 17.1 Å². The number of rotatable bonds is 9. The molecule has 0 aliphatic heterocycles. The quantitative estimate of drug-likeness (QED) is 0.215. The first-order valence-corrected chi connectivity index (χ1v) is 9.54. The van der Waals surface area contributed by atoms with Crippen LogP contribution in [0.25, 0.3) is 10.8 Å². The smallest absolute Gasteiger partial charge is 0.343 e. The third-order valence-electron chi connectivity index (χ3n) is 4.32. The minimum absolute atomic E-state index is 0.0905. The Bertz CT molecular complexity index is 1160. The Labute approximate surface area is 184 Å². The summed E-state index contributed by atoms with van der Waals surface area (Å²) < 4.78 is 20.6. The highest BCUT2D eigenvalue weighted by atomic mass is 16.7. The lowest BCUT2D eigenvalue weighted by molar-refractivity contribution is -0.144. The molecule has 0 N–H and O–H groups in total. The van der Waals surface area contributed by atoms with Gasteiger partial charge in [0.25, 0.3) is 0 Å². The van der Waals surface area contributed by atoms with Gasteiger partial charge in [0.1, 0.15) is 18.1 Å². The van der Waals surface area contributed by atoms with E-state index in [2.05, 4.69) is 13.2 Å². The highest BCUT2D eigenvalue weighted by Gasteiger charge is 2.10. The maximum atomic E-state index is 12.4. The molecular weight excluding hydrogens is 412 g/mol. The summed E-state index contributed by atoms with van der Waals surface area (Å²) in [5.41, 5.74) is 1.10. The molecule has 0 heterocycles. The molecule has 0 aromatic heterocycles. The molecule has 7 nitrogen and oxygen atoms in total. The Balaban J connectivity index is 1.61. The maximum absolute atomic E-state index is 12.4. The fourth-order valence-electron chi connectivity index (χ4n) is 2.69. The molecule has 3 rings (SSSR count). The third kappa shape index (κ3) is 6.06. The van der Waals surface area contributed by atoms with Crippen LogP contribution in [0.3, 0.4) is 0 Å². The van der Waals surface area contributed by atoms with Crippen LogP contribution >= 0.6 is 0 Å². The predicted molar refractivity (Wildman–Crippen MR) is 117 cm³/mol. The van der Waals surface area contributed by atoms with Gasteiger partial charge in [-0.3, -0.25) is 0 Å². The summed E-state index contributed by atoms with van der Waals surface area (Å²) in [4.78, 5) is 34.6. The Morgan fingerprint density at radius 2 is 1.34 bits per heavy atom. The van der Waals surface area contributed by atoms with Crippen LogP contribution in [0.15, 0.2) is 86.0 Å². The summed E-state index contributed by atoms with van der Waals surface area (Å²) in [6, 6.07) is 17.1. The van der Waals surface area contributed by atoms with Crippen molar-refractivity contribution in [2.45, 2.75) is 6.61 Å². The van der Waals surface area contributed by atoms with E-state index in [4.69, 9.17) is 18.9 Å². The average Bonchev–Trinajstić information content (AvgIpc) is 2.82. The first-order valence-electron chi connectivity index (χ1n) is 9.54. The second-order valence-electron chi connectivity index (χ2n) is 6.50. The maximum Gasteiger partial charge on any atom is 0.343 e. The standard InChI is InChI=1S/C25H20O7/c1-3-23(26)29-15-17-5-7-18(8-6-17)25(28)32-22-12-10-19-13-21(11-9-20(19)14-22)30-16-31-24(27)4-2/h3-14H,1-2,15-16H2. The lowest BCUT2D eigenvalue weighted by Gasteiger charge is -2.09. The highest BCUT2D eigenvalue weighted by Crippen LogP contribution is 2.25. The zero-order chi connectivity index (χ0) is 22.9. The summed E-state index contributed by atoms with van der Waals surface area (Å²) in [5, 5.41) is 1.70. The van der Waals surface area contributed by atoms with Crippen molar-refractivity contribution in [1.82, 2.24) is 0 Å². The highest BCUT2D eigenvalue weighted by molar-refractivity contribution is 5.92. The number of hydrogen-bond donors (Lipinski definition) is 0. The largest absolute Gasteiger partial charge is 0.458 e. The molecule has 0 atom stereocenters. The molecule has 0 saturated carbocycles. The predicted octanol–water partition coefficient (Wildman–Crippen LogP) is 4.35. The number of esters is 3. The van der Waals surface area contributed by atoms with Gasteiger partial charge in [0.15, 0.2) is 0 Å². The fraction of sp³-hybridized carbons (Fsp3) is 0.0800. The van der Waals surface area contributed by atoms with Gasteiger partial charge in [0.2, 0.25) is 6.79 Å². The van der Waals surface area contributed by atoms with Crippen molar-refractivity contribution in [3.05, 3.63) is 97.1 Å². The van der Waals surface area contributed by atoms with Gasteiger partial charge in [-0.25, -0.2) is 14.4 Å². The second kappa shape index (κ2) is 10.6. The molecule has 0 spiro atoms. The molecule has 0 amide bonds. The van der Waals surface area contributed by atoms with Crippen molar-refractivity contribution < 1.29 is 33.3 Å². The van der Waals surface area contributed by atoms with E-state index in [9.17, 15) is 14.4 Å². The van der Waals surface area contributed by atoms with Crippen molar-refractivity contribution in [2.24, 2.45) is 0 Å². The molecule has 3 aromatic carbocycles. The van der Waals surface area contributed by atoms with Crippen molar-refractivity contribution >= 4 is 28.7 Å². The van der Waals surface area contributed by atoms with Crippen molar-refractivity contribution in [1.29, 1.82) is 0 Å². The number of fused-ring (bicyclic) bond motifs is 1. The summed E-state index contributed by atoms with van der Waals surface area (Å²) in [6.45, 7) is 6.51.